The van der Waals surface area contributed by atoms with Gasteiger partial charge in [0.1, 0.15) is 11.4 Å². The molecule has 1 aromatic heterocycles. The minimum Gasteiger partial charge on any atom is -0.476 e. The van der Waals surface area contributed by atoms with Gasteiger partial charge in [0.25, 0.3) is 0 Å². The minimum absolute atomic E-state index is 0.332. The number of rotatable bonds is 5. The molecule has 1 saturated heterocycles. The van der Waals surface area contributed by atoms with Gasteiger partial charge in [0.2, 0.25) is 6.10 Å². The van der Waals surface area contributed by atoms with Crippen molar-refractivity contribution in [3.63, 3.8) is 0 Å². The molecule has 5 nitrogen and oxygen atoms in total. The average molecular weight is 385 g/mol. The molecular weight excluding hydrogens is 360 g/mol. The van der Waals surface area contributed by atoms with E-state index in [2.05, 4.69) is 25.8 Å². The molecule has 1 atom stereocenters. The van der Waals surface area contributed by atoms with E-state index in [0.717, 1.165) is 23.3 Å². The van der Waals surface area contributed by atoms with E-state index in [1.807, 2.05) is 33.8 Å². The lowest BCUT2D eigenvalue weighted by Crippen LogP contribution is -2.43. The van der Waals surface area contributed by atoms with Crippen LogP contribution in [0.15, 0.2) is 16.7 Å². The van der Waals surface area contributed by atoms with Crippen molar-refractivity contribution in [1.82, 2.24) is 9.88 Å². The van der Waals surface area contributed by atoms with Gasteiger partial charge in [-0.05, 0) is 75.6 Å². The number of ether oxygens (including phenoxy) is 2. The molecule has 0 aliphatic carbocycles. The van der Waals surface area contributed by atoms with Crippen LogP contribution in [0.4, 0.5) is 0 Å². The molecular formula is C17H25BrN2O3. The van der Waals surface area contributed by atoms with Crippen molar-refractivity contribution in [2.75, 3.05) is 19.6 Å². The Balaban J connectivity index is 2.10. The van der Waals surface area contributed by atoms with Gasteiger partial charge in [-0.25, -0.2) is 4.79 Å². The number of nitrogens with zero attached hydrogens (tertiary/aromatic N) is 2. The molecule has 23 heavy (non-hydrogen) atoms. The van der Waals surface area contributed by atoms with Crippen LogP contribution >= 0.6 is 15.9 Å². The van der Waals surface area contributed by atoms with Crippen molar-refractivity contribution >= 4 is 21.9 Å². The first kappa shape index (κ1) is 18.2. The van der Waals surface area contributed by atoms with Gasteiger partial charge in [0.15, 0.2) is 0 Å². The van der Waals surface area contributed by atoms with Crippen LogP contribution in [0.3, 0.4) is 0 Å². The molecule has 0 N–H and O–H groups in total. The van der Waals surface area contributed by atoms with Gasteiger partial charge < -0.3 is 9.47 Å². The Hall–Kier alpha value is -1.14. The molecule has 2 rings (SSSR count). The predicted octanol–water partition coefficient (Wildman–Crippen LogP) is 3.34. The third-order valence-corrected chi connectivity index (χ3v) is 4.37. The maximum absolute atomic E-state index is 12.5. The number of carbonyl (C=O) groups excluding carboxylic acids is 1. The van der Waals surface area contributed by atoms with Gasteiger partial charge in [-0.2, -0.15) is 0 Å². The van der Waals surface area contributed by atoms with Gasteiger partial charge in [-0.1, -0.05) is 0 Å². The van der Waals surface area contributed by atoms with Gasteiger partial charge in [0, 0.05) is 11.0 Å². The minimum atomic E-state index is -0.649. The number of carbonyl (C=O) groups is 1. The predicted molar refractivity (Wildman–Crippen MR) is 92.6 cm³/mol. The summed E-state index contributed by atoms with van der Waals surface area (Å²) in [6.07, 6.45) is 3.32. The third-order valence-electron chi connectivity index (χ3n) is 3.57. The topological polar surface area (TPSA) is 51.7 Å². The first-order valence-corrected chi connectivity index (χ1v) is 8.78. The van der Waals surface area contributed by atoms with Crippen LogP contribution in [0.1, 0.15) is 39.3 Å². The number of hydrogen-bond acceptors (Lipinski definition) is 5. The lowest BCUT2D eigenvalue weighted by molar-refractivity contribution is -0.164. The second kappa shape index (κ2) is 7.62. The lowest BCUT2D eigenvalue weighted by Gasteiger charge is -2.27. The van der Waals surface area contributed by atoms with Crippen LogP contribution in [0.5, 0.6) is 5.75 Å². The van der Waals surface area contributed by atoms with Crippen molar-refractivity contribution in [3.05, 3.63) is 22.4 Å². The highest BCUT2D eigenvalue weighted by atomic mass is 79.9. The molecule has 0 saturated carbocycles. The summed E-state index contributed by atoms with van der Waals surface area (Å²) >= 11 is 3.44. The highest BCUT2D eigenvalue weighted by molar-refractivity contribution is 9.10. The van der Waals surface area contributed by atoms with Crippen molar-refractivity contribution < 1.29 is 14.3 Å². The zero-order chi connectivity index (χ0) is 17.0. The van der Waals surface area contributed by atoms with Crippen molar-refractivity contribution in [3.8, 4) is 5.75 Å². The SMILES string of the molecule is Cc1ncc(O[C@@H](CN2CCCC2)C(=O)OC(C)(C)C)cc1Br. The van der Waals surface area contributed by atoms with E-state index in [1.54, 1.807) is 6.20 Å². The third kappa shape index (κ3) is 5.77. The summed E-state index contributed by atoms with van der Waals surface area (Å²) in [4.78, 5) is 19.0. The van der Waals surface area contributed by atoms with Crippen LogP contribution in [-0.4, -0.2) is 47.2 Å². The molecule has 6 heteroatoms. The largest absolute Gasteiger partial charge is 0.476 e. The normalized spacial score (nSPS) is 17.1. The number of hydrogen-bond donors (Lipinski definition) is 0. The van der Waals surface area contributed by atoms with Crippen LogP contribution in [0.2, 0.25) is 0 Å². The van der Waals surface area contributed by atoms with Crippen LogP contribution < -0.4 is 4.74 Å². The van der Waals surface area contributed by atoms with Crippen LogP contribution in [0.25, 0.3) is 0 Å². The summed E-state index contributed by atoms with van der Waals surface area (Å²) in [6.45, 7) is 10.0. The second-order valence-corrected chi connectivity index (χ2v) is 7.74. The van der Waals surface area contributed by atoms with Gasteiger partial charge in [-0.3, -0.25) is 9.88 Å². The number of aryl methyl sites for hydroxylation is 1. The Morgan fingerprint density at radius 2 is 2.04 bits per heavy atom. The van der Waals surface area contributed by atoms with Crippen molar-refractivity contribution in [2.45, 2.75) is 52.2 Å². The Bertz CT molecular complexity index is 551. The fraction of sp³-hybridized carbons (Fsp3) is 0.647. The molecule has 0 amide bonds. The van der Waals surface area contributed by atoms with E-state index in [0.29, 0.717) is 12.3 Å². The van der Waals surface area contributed by atoms with Crippen molar-refractivity contribution in [2.24, 2.45) is 0 Å². The summed E-state index contributed by atoms with van der Waals surface area (Å²) in [6, 6.07) is 1.84. The van der Waals surface area contributed by atoms with Gasteiger partial charge in [0.05, 0.1) is 11.9 Å². The average Bonchev–Trinajstić information content (AvgIpc) is 2.93. The van der Waals surface area contributed by atoms with Gasteiger partial charge >= 0.3 is 5.97 Å². The van der Waals surface area contributed by atoms with E-state index < -0.39 is 11.7 Å². The Labute approximate surface area is 146 Å². The molecule has 0 aromatic carbocycles. The van der Waals surface area contributed by atoms with E-state index in [1.165, 1.54) is 12.8 Å². The first-order valence-electron chi connectivity index (χ1n) is 7.98. The summed E-state index contributed by atoms with van der Waals surface area (Å²) in [5.41, 5.74) is 0.348. The highest BCUT2D eigenvalue weighted by Crippen LogP contribution is 2.22. The summed E-state index contributed by atoms with van der Waals surface area (Å²) in [7, 11) is 0. The Morgan fingerprint density at radius 1 is 1.39 bits per heavy atom. The first-order chi connectivity index (χ1) is 10.7. The molecule has 0 spiro atoms. The number of esters is 1. The number of likely N-dealkylation sites (tertiary alicyclic amines) is 1. The molecule has 1 aromatic rings. The van der Waals surface area contributed by atoms with Crippen LogP contribution in [-0.2, 0) is 9.53 Å². The fourth-order valence-corrected chi connectivity index (χ4v) is 2.77. The Morgan fingerprint density at radius 3 is 2.61 bits per heavy atom. The van der Waals surface area contributed by atoms with Crippen LogP contribution in [0, 0.1) is 6.92 Å². The van der Waals surface area contributed by atoms with Gasteiger partial charge in [-0.15, -0.1) is 0 Å². The van der Waals surface area contributed by atoms with E-state index >= 15 is 0 Å². The molecule has 0 bridgehead atoms. The summed E-state index contributed by atoms with van der Waals surface area (Å²) in [5, 5.41) is 0. The lowest BCUT2D eigenvalue weighted by atomic mass is 10.2. The number of aromatic nitrogens is 1. The summed E-state index contributed by atoms with van der Waals surface area (Å²) < 4.78 is 12.3. The highest BCUT2D eigenvalue weighted by Gasteiger charge is 2.30. The molecule has 0 unspecified atom stereocenters. The molecule has 1 aliphatic rings. The molecule has 1 fully saturated rings. The molecule has 2 heterocycles. The Kier molecular flexibility index (Phi) is 6.03. The standard InChI is InChI=1S/C17H25BrN2O3/c1-12-14(18)9-13(10-19-12)22-15(11-20-7-5-6-8-20)16(21)23-17(2,3)4/h9-10,15H,5-8,11H2,1-4H3/t15-/m0/s1. The smallest absolute Gasteiger partial charge is 0.349 e. The zero-order valence-electron chi connectivity index (χ0n) is 14.3. The van der Waals surface area contributed by atoms with Crippen molar-refractivity contribution in [1.29, 1.82) is 0 Å². The second-order valence-electron chi connectivity index (χ2n) is 6.89. The quantitative estimate of drug-likeness (QED) is 0.728. The van der Waals surface area contributed by atoms with E-state index in [-0.39, 0.29) is 5.97 Å². The number of pyridine rings is 1. The zero-order valence-corrected chi connectivity index (χ0v) is 15.9. The molecule has 128 valence electrons. The maximum Gasteiger partial charge on any atom is 0.349 e. The van der Waals surface area contributed by atoms with E-state index in [9.17, 15) is 4.79 Å². The maximum atomic E-state index is 12.5. The monoisotopic (exact) mass is 384 g/mol. The molecule has 1 aliphatic heterocycles. The fourth-order valence-electron chi connectivity index (χ4n) is 2.44. The van der Waals surface area contributed by atoms with E-state index in [4.69, 9.17) is 9.47 Å². The number of halogens is 1. The molecule has 0 radical (unpaired) electrons. The summed E-state index contributed by atoms with van der Waals surface area (Å²) in [5.74, 6) is 0.235.